The van der Waals surface area contributed by atoms with Crippen molar-refractivity contribution in [1.82, 2.24) is 9.13 Å². The third-order valence-corrected chi connectivity index (χ3v) is 11.6. The van der Waals surface area contributed by atoms with E-state index in [0.29, 0.717) is 85.2 Å². The number of carboxylic acids is 2. The molecule has 2 atom stereocenters. The van der Waals surface area contributed by atoms with E-state index in [9.17, 15) is 50.0 Å². The molecule has 0 saturated carbocycles. The van der Waals surface area contributed by atoms with E-state index in [1.54, 1.807) is 24.3 Å². The molecular formula is C52H58CaN4O10. The Morgan fingerprint density at radius 1 is 0.507 bits per heavy atom. The van der Waals surface area contributed by atoms with E-state index in [0.717, 1.165) is 33.6 Å². The third kappa shape index (κ3) is 13.3. The summed E-state index contributed by atoms with van der Waals surface area (Å²) in [6.07, 6.45) is 1.15. The summed E-state index contributed by atoms with van der Waals surface area (Å²) in [5.41, 5.74) is 8.32. The number of aliphatic hydroxyl groups excluding tert-OH is 2. The molecule has 67 heavy (non-hydrogen) atoms. The monoisotopic (exact) mass is 938 g/mol. The second-order valence-corrected chi connectivity index (χ2v) is 16.8. The zero-order chi connectivity index (χ0) is 47.9. The average molecular weight is 939 g/mol. The van der Waals surface area contributed by atoms with Gasteiger partial charge in [0.15, 0.2) is 11.8 Å². The van der Waals surface area contributed by atoms with Gasteiger partial charge in [0.2, 0.25) is 0 Å². The number of rotatable bonds is 22. The van der Waals surface area contributed by atoms with Gasteiger partial charge in [-0.25, -0.2) is 0 Å². The van der Waals surface area contributed by atoms with Gasteiger partial charge in [0, 0.05) is 46.7 Å². The van der Waals surface area contributed by atoms with E-state index < -0.39 is 24.1 Å². The number of carbonyl (C=O) groups is 2. The van der Waals surface area contributed by atoms with Crippen LogP contribution in [0.2, 0.25) is 0 Å². The minimum Gasteiger partial charge on any atom is -0.547 e. The Labute approximate surface area is 420 Å². The third-order valence-electron chi connectivity index (χ3n) is 11.6. The molecule has 14 nitrogen and oxygen atoms in total. The molecule has 0 amide bonds. The first-order valence-electron chi connectivity index (χ1n) is 22.4. The summed E-state index contributed by atoms with van der Waals surface area (Å²) < 4.78 is 3.75. The normalized spacial score (nSPS) is 11.9. The summed E-state index contributed by atoms with van der Waals surface area (Å²) in [4.78, 5) is 44.5. The topological polar surface area (TPSA) is 230 Å². The quantitative estimate of drug-likeness (QED) is 0.0287. The molecule has 2 unspecified atom stereocenters. The molecule has 0 aliphatic heterocycles. The van der Waals surface area contributed by atoms with Gasteiger partial charge in [-0.3, -0.25) is 0 Å². The Balaban J connectivity index is 0.000000288. The van der Waals surface area contributed by atoms with Crippen molar-refractivity contribution in [2.45, 2.75) is 116 Å². The first-order chi connectivity index (χ1) is 31.7. The molecule has 2 heterocycles. The summed E-state index contributed by atoms with van der Waals surface area (Å²) in [5, 5.41) is 69.3. The molecule has 4 aromatic carbocycles. The molecule has 2 aromatic heterocycles. The molecule has 0 radical (unpaired) electrons. The van der Waals surface area contributed by atoms with Crippen LogP contribution in [0.15, 0.2) is 120 Å². The van der Waals surface area contributed by atoms with Gasteiger partial charge in [-0.05, 0) is 71.1 Å². The molecule has 15 heteroatoms. The Bertz CT molecular complexity index is 2400. The zero-order valence-electron chi connectivity index (χ0n) is 38.5. The SMILES string of the molecule is CC(C)c1c(-c2ccccc2N=O)c(-c2ccccc2)c(O)n1CCCCCC(O)C(=O)[O-].CC(C)c1c(-c2ccccc2N=O)c(-c2ccccc2)c(O)n1CCCCCC(O)C(=O)[O-].[Ca+2]. The van der Waals surface area contributed by atoms with Gasteiger partial charge < -0.3 is 49.4 Å². The summed E-state index contributed by atoms with van der Waals surface area (Å²) in [6, 6.07) is 33.3. The average Bonchev–Trinajstić information content (AvgIpc) is 3.78. The molecule has 6 rings (SSSR count). The van der Waals surface area contributed by atoms with Crippen molar-refractivity contribution in [3.8, 4) is 56.3 Å². The van der Waals surface area contributed by atoms with Crippen molar-refractivity contribution in [3.05, 3.63) is 130 Å². The maximum Gasteiger partial charge on any atom is 2.00 e. The van der Waals surface area contributed by atoms with Crippen LogP contribution in [0, 0.1) is 9.81 Å². The standard InChI is InChI=1S/2C26H30N2O5.Ca/c2*1-17(2)24-23(19-13-8-9-14-20(19)27-33)22(18-11-5-3-6-12-18)25(30)28(24)16-10-4-7-15-21(29)26(31)32;/h2*3,5-6,8-9,11-14,17,21,29-30H,4,7,10,15-16H2,1-2H3,(H,31,32);/q;;+2/p-2. The molecule has 0 aliphatic rings. The van der Waals surface area contributed by atoms with Crippen molar-refractivity contribution in [2.24, 2.45) is 10.4 Å². The molecule has 4 N–H and O–H groups in total. The van der Waals surface area contributed by atoms with Crippen LogP contribution in [0.3, 0.4) is 0 Å². The number of benzene rings is 4. The number of carboxylic acid groups (broad SMARTS) is 2. The minimum absolute atomic E-state index is 0. The number of nitrogens with zero attached hydrogens (tertiary/aromatic N) is 4. The predicted octanol–water partition coefficient (Wildman–Crippen LogP) is 9.06. The van der Waals surface area contributed by atoms with Gasteiger partial charge in [0.05, 0.1) is 35.3 Å². The van der Waals surface area contributed by atoms with Gasteiger partial charge in [0.1, 0.15) is 11.4 Å². The molecule has 348 valence electrons. The van der Waals surface area contributed by atoms with Crippen LogP contribution >= 0.6 is 0 Å². The predicted molar refractivity (Wildman–Crippen MR) is 258 cm³/mol. The number of aromatic hydroxyl groups is 2. The number of unbranched alkanes of at least 4 members (excludes halogenated alkanes) is 4. The van der Waals surface area contributed by atoms with Crippen LogP contribution in [-0.2, 0) is 22.7 Å². The minimum atomic E-state index is -1.46. The fourth-order valence-electron chi connectivity index (χ4n) is 8.54. The van der Waals surface area contributed by atoms with Crippen molar-refractivity contribution in [3.63, 3.8) is 0 Å². The molecular weight excluding hydrogens is 881 g/mol. The van der Waals surface area contributed by atoms with Gasteiger partial charge in [-0.1, -0.05) is 150 Å². The van der Waals surface area contributed by atoms with Crippen LogP contribution in [0.1, 0.15) is 102 Å². The number of aromatic nitrogens is 2. The van der Waals surface area contributed by atoms with Crippen LogP contribution in [-0.4, -0.2) is 91.4 Å². The first kappa shape index (κ1) is 54.0. The Hall–Kier alpha value is -5.64. The Morgan fingerprint density at radius 3 is 1.15 bits per heavy atom. The van der Waals surface area contributed by atoms with Crippen molar-refractivity contribution in [1.29, 1.82) is 0 Å². The van der Waals surface area contributed by atoms with Crippen LogP contribution in [0.25, 0.3) is 44.5 Å². The summed E-state index contributed by atoms with van der Waals surface area (Å²) in [7, 11) is 0. The first-order valence-corrected chi connectivity index (χ1v) is 22.4. The van der Waals surface area contributed by atoms with E-state index in [1.165, 1.54) is 0 Å². The number of hydrogen-bond donors (Lipinski definition) is 4. The molecule has 0 spiro atoms. The molecule has 0 fully saturated rings. The van der Waals surface area contributed by atoms with Crippen LogP contribution in [0.5, 0.6) is 11.8 Å². The van der Waals surface area contributed by atoms with E-state index in [4.69, 9.17) is 0 Å². The maximum absolute atomic E-state index is 11.6. The van der Waals surface area contributed by atoms with Crippen LogP contribution in [0.4, 0.5) is 11.4 Å². The molecule has 0 saturated heterocycles. The van der Waals surface area contributed by atoms with E-state index in [2.05, 4.69) is 10.4 Å². The van der Waals surface area contributed by atoms with Gasteiger partial charge >= 0.3 is 37.7 Å². The van der Waals surface area contributed by atoms with Crippen molar-refractivity contribution >= 4 is 61.1 Å². The second-order valence-electron chi connectivity index (χ2n) is 16.8. The zero-order valence-corrected chi connectivity index (χ0v) is 40.7. The van der Waals surface area contributed by atoms with E-state index in [1.807, 2.05) is 122 Å². The second kappa shape index (κ2) is 26.0. The smallest absolute Gasteiger partial charge is 0.547 e. The van der Waals surface area contributed by atoms with Gasteiger partial charge in [-0.15, -0.1) is 9.81 Å². The van der Waals surface area contributed by atoms with Gasteiger partial charge in [0.25, 0.3) is 0 Å². The summed E-state index contributed by atoms with van der Waals surface area (Å²) in [6.45, 7) is 9.18. The number of nitroso groups, excluding NO2 is 2. The Kier molecular flexibility index (Phi) is 21.0. The Morgan fingerprint density at radius 2 is 0.836 bits per heavy atom. The number of aliphatic carboxylic acids is 2. The fraction of sp³-hybridized carbons (Fsp3) is 0.346. The van der Waals surface area contributed by atoms with Crippen molar-refractivity contribution in [2.75, 3.05) is 0 Å². The summed E-state index contributed by atoms with van der Waals surface area (Å²) in [5.74, 6) is -2.59. The van der Waals surface area contributed by atoms with Crippen LogP contribution < -0.4 is 10.2 Å². The largest absolute Gasteiger partial charge is 2.00 e. The number of hydrogen-bond acceptors (Lipinski definition) is 12. The van der Waals surface area contributed by atoms with E-state index >= 15 is 0 Å². The number of aliphatic hydroxyl groups is 2. The molecule has 6 aromatic rings. The summed E-state index contributed by atoms with van der Waals surface area (Å²) >= 11 is 0. The van der Waals surface area contributed by atoms with E-state index in [-0.39, 0.29) is 74.2 Å². The maximum atomic E-state index is 11.6. The van der Waals surface area contributed by atoms with Crippen molar-refractivity contribution < 1.29 is 40.2 Å². The number of carbonyl (C=O) groups excluding carboxylic acids is 2. The molecule has 0 aliphatic carbocycles. The van der Waals surface area contributed by atoms with Gasteiger partial charge in [-0.2, -0.15) is 0 Å². The fourth-order valence-corrected chi connectivity index (χ4v) is 8.54. The molecule has 0 bridgehead atoms.